The highest BCUT2D eigenvalue weighted by Crippen LogP contribution is 2.22. The van der Waals surface area contributed by atoms with Crippen LogP contribution in [0.2, 0.25) is 0 Å². The fourth-order valence-corrected chi connectivity index (χ4v) is 3.48. The molecular formula is C28H32ClN3O5. The van der Waals surface area contributed by atoms with Crippen LogP contribution < -0.4 is 21.1 Å². The first-order chi connectivity index (χ1) is 17.5. The smallest absolute Gasteiger partial charge is 0.307 e. The van der Waals surface area contributed by atoms with E-state index in [1.165, 1.54) is 0 Å². The van der Waals surface area contributed by atoms with Gasteiger partial charge < -0.3 is 25.8 Å². The maximum atomic E-state index is 13.0. The maximum absolute atomic E-state index is 13.0. The number of nitrogens with two attached hydrogens (primary N) is 1. The predicted molar refractivity (Wildman–Crippen MR) is 144 cm³/mol. The Hall–Kier alpha value is -3.88. The van der Waals surface area contributed by atoms with Crippen LogP contribution in [0.3, 0.4) is 0 Å². The van der Waals surface area contributed by atoms with Crippen molar-refractivity contribution in [2.24, 2.45) is 5.73 Å². The molecule has 0 aliphatic carbocycles. The highest BCUT2D eigenvalue weighted by molar-refractivity contribution is 5.97. The third-order valence-electron chi connectivity index (χ3n) is 5.32. The van der Waals surface area contributed by atoms with Crippen molar-refractivity contribution in [2.75, 3.05) is 13.2 Å². The van der Waals surface area contributed by atoms with Crippen LogP contribution in [0.5, 0.6) is 11.5 Å². The molecule has 3 aromatic rings. The molecule has 3 rings (SSSR count). The van der Waals surface area contributed by atoms with E-state index in [0.717, 1.165) is 11.1 Å². The maximum Gasteiger partial charge on any atom is 0.307 e. The van der Waals surface area contributed by atoms with E-state index in [9.17, 15) is 14.4 Å². The first kappa shape index (κ1) is 29.4. The van der Waals surface area contributed by atoms with E-state index in [1.807, 2.05) is 54.6 Å². The van der Waals surface area contributed by atoms with Crippen LogP contribution in [-0.4, -0.2) is 37.0 Å². The fourth-order valence-electron chi connectivity index (χ4n) is 3.48. The Morgan fingerprint density at radius 3 is 2.27 bits per heavy atom. The number of ether oxygens (including phenoxy) is 2. The monoisotopic (exact) mass is 525 g/mol. The third kappa shape index (κ3) is 9.59. The van der Waals surface area contributed by atoms with E-state index >= 15 is 0 Å². The Morgan fingerprint density at radius 1 is 0.892 bits per heavy atom. The van der Waals surface area contributed by atoms with Crippen LogP contribution >= 0.6 is 12.4 Å². The first-order valence-corrected chi connectivity index (χ1v) is 11.8. The van der Waals surface area contributed by atoms with Crippen LogP contribution in [0.15, 0.2) is 78.9 Å². The SMILES string of the molecule is CCOC(=O)CCNC(=O)[C@H](Cc1cccc(Oc2ccccc2)c1)NC(=O)c1ccc(CN)cc1.Cl. The summed E-state index contributed by atoms with van der Waals surface area (Å²) in [6.45, 7) is 2.47. The summed E-state index contributed by atoms with van der Waals surface area (Å²) in [7, 11) is 0. The molecule has 2 amide bonds. The summed E-state index contributed by atoms with van der Waals surface area (Å²) in [6.07, 6.45) is 0.269. The van der Waals surface area contributed by atoms with Crippen molar-refractivity contribution in [1.29, 1.82) is 0 Å². The van der Waals surface area contributed by atoms with Gasteiger partial charge in [0.15, 0.2) is 0 Å². The van der Waals surface area contributed by atoms with Gasteiger partial charge in [-0.1, -0.05) is 42.5 Å². The topological polar surface area (TPSA) is 120 Å². The summed E-state index contributed by atoms with van der Waals surface area (Å²) in [4.78, 5) is 37.5. The minimum atomic E-state index is -0.874. The standard InChI is InChI=1S/C28H31N3O5.ClH/c1-2-35-26(32)15-16-30-28(34)25(31-27(33)22-13-11-20(19-29)12-14-22)18-21-7-6-10-24(17-21)36-23-8-4-3-5-9-23;/h3-14,17,25H,2,15-16,18-19,29H2,1H3,(H,30,34)(H,31,33);1H/t25-;/m0./s1. The highest BCUT2D eigenvalue weighted by Gasteiger charge is 2.22. The molecule has 0 aliphatic rings. The molecule has 0 heterocycles. The van der Waals surface area contributed by atoms with Crippen molar-refractivity contribution < 1.29 is 23.9 Å². The highest BCUT2D eigenvalue weighted by atomic mass is 35.5. The zero-order chi connectivity index (χ0) is 25.8. The molecule has 0 aromatic heterocycles. The zero-order valence-electron chi connectivity index (χ0n) is 20.6. The van der Waals surface area contributed by atoms with Gasteiger partial charge in [0, 0.05) is 25.1 Å². The second kappa shape index (κ2) is 15.3. The minimum absolute atomic E-state index is 0. The first-order valence-electron chi connectivity index (χ1n) is 11.8. The molecule has 3 aromatic carbocycles. The van der Waals surface area contributed by atoms with Gasteiger partial charge in [-0.15, -0.1) is 12.4 Å². The lowest BCUT2D eigenvalue weighted by molar-refractivity contribution is -0.143. The van der Waals surface area contributed by atoms with Crippen LogP contribution in [0, 0.1) is 0 Å². The van der Waals surface area contributed by atoms with Gasteiger partial charge in [0.05, 0.1) is 13.0 Å². The van der Waals surface area contributed by atoms with E-state index in [0.29, 0.717) is 23.6 Å². The van der Waals surface area contributed by atoms with Gasteiger partial charge in [-0.05, 0) is 54.4 Å². The molecule has 9 heteroatoms. The summed E-state index contributed by atoms with van der Waals surface area (Å²) >= 11 is 0. The molecular weight excluding hydrogens is 494 g/mol. The van der Waals surface area contributed by atoms with Gasteiger partial charge in [-0.3, -0.25) is 14.4 Å². The molecule has 0 spiro atoms. The summed E-state index contributed by atoms with van der Waals surface area (Å²) in [5.41, 5.74) is 7.74. The summed E-state index contributed by atoms with van der Waals surface area (Å²) in [5, 5.41) is 5.53. The number of amides is 2. The second-order valence-corrected chi connectivity index (χ2v) is 8.04. The lowest BCUT2D eigenvalue weighted by atomic mass is 10.0. The molecule has 0 radical (unpaired) electrons. The van der Waals surface area contributed by atoms with E-state index in [4.69, 9.17) is 15.2 Å². The van der Waals surface area contributed by atoms with Gasteiger partial charge in [0.1, 0.15) is 17.5 Å². The van der Waals surface area contributed by atoms with Gasteiger partial charge in [-0.25, -0.2) is 0 Å². The number of carbonyl (C=O) groups excluding carboxylic acids is 3. The largest absolute Gasteiger partial charge is 0.466 e. The van der Waals surface area contributed by atoms with E-state index in [-0.39, 0.29) is 44.3 Å². The number of hydrogen-bond donors (Lipinski definition) is 3. The third-order valence-corrected chi connectivity index (χ3v) is 5.32. The molecule has 0 bridgehead atoms. The molecule has 0 saturated carbocycles. The van der Waals surface area contributed by atoms with Crippen LogP contribution in [0.4, 0.5) is 0 Å². The number of esters is 1. The van der Waals surface area contributed by atoms with E-state index < -0.39 is 17.9 Å². The summed E-state index contributed by atoms with van der Waals surface area (Å²) in [5.74, 6) is 0.117. The number of benzene rings is 3. The van der Waals surface area contributed by atoms with Crippen molar-refractivity contribution in [1.82, 2.24) is 10.6 Å². The molecule has 0 aliphatic heterocycles. The van der Waals surface area contributed by atoms with Crippen LogP contribution in [-0.2, 0) is 27.3 Å². The fraction of sp³-hybridized carbons (Fsp3) is 0.250. The van der Waals surface area contributed by atoms with E-state index in [2.05, 4.69) is 10.6 Å². The van der Waals surface area contributed by atoms with Crippen molar-refractivity contribution in [3.63, 3.8) is 0 Å². The van der Waals surface area contributed by atoms with Gasteiger partial charge in [-0.2, -0.15) is 0 Å². The Morgan fingerprint density at radius 2 is 1.59 bits per heavy atom. The van der Waals surface area contributed by atoms with Gasteiger partial charge in [0.25, 0.3) is 5.91 Å². The van der Waals surface area contributed by atoms with Crippen molar-refractivity contribution in [3.05, 3.63) is 95.6 Å². The lowest BCUT2D eigenvalue weighted by Crippen LogP contribution is -2.48. The minimum Gasteiger partial charge on any atom is -0.466 e. The van der Waals surface area contributed by atoms with Crippen molar-refractivity contribution in [3.8, 4) is 11.5 Å². The Bertz CT molecular complexity index is 1160. The Balaban J connectivity index is 0.00000481. The number of rotatable bonds is 12. The lowest BCUT2D eigenvalue weighted by Gasteiger charge is -2.19. The summed E-state index contributed by atoms with van der Waals surface area (Å²) < 4.78 is 10.8. The number of para-hydroxylation sites is 1. The Kier molecular flexibility index (Phi) is 12.1. The predicted octanol–water partition coefficient (Wildman–Crippen LogP) is 3.77. The number of halogens is 1. The van der Waals surface area contributed by atoms with Crippen molar-refractivity contribution in [2.45, 2.75) is 32.4 Å². The second-order valence-electron chi connectivity index (χ2n) is 8.04. The molecule has 0 fully saturated rings. The van der Waals surface area contributed by atoms with Crippen LogP contribution in [0.1, 0.15) is 34.8 Å². The average molecular weight is 526 g/mol. The van der Waals surface area contributed by atoms with Gasteiger partial charge in [0.2, 0.25) is 5.91 Å². The molecule has 1 atom stereocenters. The Labute approximate surface area is 222 Å². The molecule has 0 unspecified atom stereocenters. The van der Waals surface area contributed by atoms with E-state index in [1.54, 1.807) is 31.2 Å². The molecule has 37 heavy (non-hydrogen) atoms. The normalized spacial score (nSPS) is 11.0. The number of carbonyl (C=O) groups is 3. The quantitative estimate of drug-likeness (QED) is 0.310. The number of hydrogen-bond acceptors (Lipinski definition) is 6. The van der Waals surface area contributed by atoms with Gasteiger partial charge >= 0.3 is 5.97 Å². The molecule has 196 valence electrons. The van der Waals surface area contributed by atoms with Crippen LogP contribution in [0.25, 0.3) is 0 Å². The number of nitrogens with one attached hydrogen (secondary N) is 2. The van der Waals surface area contributed by atoms with Crippen molar-refractivity contribution >= 4 is 30.2 Å². The average Bonchev–Trinajstić information content (AvgIpc) is 2.89. The molecule has 8 nitrogen and oxygen atoms in total. The zero-order valence-corrected chi connectivity index (χ0v) is 21.5. The summed E-state index contributed by atoms with van der Waals surface area (Å²) in [6, 6.07) is 22.7. The molecule has 4 N–H and O–H groups in total. The molecule has 0 saturated heterocycles.